The van der Waals surface area contributed by atoms with E-state index in [1.807, 2.05) is 6.92 Å². The number of ketones is 1. The van der Waals surface area contributed by atoms with Crippen LogP contribution in [0.1, 0.15) is 87.1 Å². The maximum atomic E-state index is 12.1. The van der Waals surface area contributed by atoms with Crippen LogP contribution in [0.4, 0.5) is 0 Å². The van der Waals surface area contributed by atoms with Gasteiger partial charge in [-0.2, -0.15) is 0 Å². The molecule has 0 saturated carbocycles. The summed E-state index contributed by atoms with van der Waals surface area (Å²) in [4.78, 5) is 17.1. The third-order valence-electron chi connectivity index (χ3n) is 4.19. The van der Waals surface area contributed by atoms with E-state index in [1.54, 1.807) is 0 Å². The number of carbonyl (C=O) groups excluding carboxylic acids is 1. The summed E-state index contributed by atoms with van der Waals surface area (Å²) in [6, 6.07) is 2.13. The summed E-state index contributed by atoms with van der Waals surface area (Å²) in [5.41, 5.74) is 4.49. The summed E-state index contributed by atoms with van der Waals surface area (Å²) in [6.45, 7) is 10.7. The predicted octanol–water partition coefficient (Wildman–Crippen LogP) is 4.41. The molecule has 2 nitrogen and oxygen atoms in total. The van der Waals surface area contributed by atoms with Gasteiger partial charge in [-0.25, -0.2) is 0 Å². The Bertz CT molecular complexity index is 500. The minimum absolute atomic E-state index is 0.144. The van der Waals surface area contributed by atoms with E-state index in [1.165, 1.54) is 24.1 Å². The second-order valence-electron chi connectivity index (χ2n) is 6.60. The first kappa shape index (κ1) is 14.2. The summed E-state index contributed by atoms with van der Waals surface area (Å²) in [6.07, 6.45) is 4.01. The Balaban J connectivity index is 2.62. The normalized spacial score (nSPS) is 17.4. The van der Waals surface area contributed by atoms with Crippen LogP contribution in [0, 0.1) is 0 Å². The number of Topliss-reactive ketones (excluding diaryl/α,β-unsaturated/α-hetero) is 1. The van der Waals surface area contributed by atoms with Crippen molar-refractivity contribution in [2.75, 3.05) is 0 Å². The van der Waals surface area contributed by atoms with Crippen LogP contribution in [0.3, 0.4) is 0 Å². The quantitative estimate of drug-likeness (QED) is 0.752. The Morgan fingerprint density at radius 3 is 2.68 bits per heavy atom. The van der Waals surface area contributed by atoms with Gasteiger partial charge < -0.3 is 0 Å². The van der Waals surface area contributed by atoms with Gasteiger partial charge in [-0.15, -0.1) is 0 Å². The first-order valence-corrected chi connectivity index (χ1v) is 7.44. The molecule has 0 N–H and O–H groups in total. The van der Waals surface area contributed by atoms with Crippen LogP contribution in [0.25, 0.3) is 0 Å². The standard InChI is InChI=1S/C17H25NO/c1-6-14(19)13-10-12-8-7-9-17(4,5)16(12)18-15(13)11(2)3/h10-11H,6-9H2,1-5H3. The van der Waals surface area contributed by atoms with E-state index in [0.717, 1.165) is 17.7 Å². The predicted molar refractivity (Wildman–Crippen MR) is 78.9 cm³/mol. The van der Waals surface area contributed by atoms with Gasteiger partial charge in [0.15, 0.2) is 5.78 Å². The van der Waals surface area contributed by atoms with Crippen molar-refractivity contribution in [2.24, 2.45) is 0 Å². The molecule has 0 unspecified atom stereocenters. The van der Waals surface area contributed by atoms with Gasteiger partial charge in [-0.05, 0) is 36.8 Å². The molecular weight excluding hydrogens is 234 g/mol. The van der Waals surface area contributed by atoms with Gasteiger partial charge in [0.25, 0.3) is 0 Å². The van der Waals surface area contributed by atoms with E-state index in [4.69, 9.17) is 4.98 Å². The zero-order valence-electron chi connectivity index (χ0n) is 12.8. The van der Waals surface area contributed by atoms with E-state index in [2.05, 4.69) is 33.8 Å². The molecule has 0 amide bonds. The van der Waals surface area contributed by atoms with E-state index < -0.39 is 0 Å². The highest BCUT2D eigenvalue weighted by molar-refractivity contribution is 5.97. The fourth-order valence-electron chi connectivity index (χ4n) is 3.04. The number of pyridine rings is 1. The molecule has 2 heteroatoms. The number of aromatic nitrogens is 1. The molecule has 1 aliphatic rings. The number of rotatable bonds is 3. The van der Waals surface area contributed by atoms with Crippen molar-refractivity contribution in [2.45, 2.75) is 71.6 Å². The van der Waals surface area contributed by atoms with Gasteiger partial charge in [-0.3, -0.25) is 9.78 Å². The second kappa shape index (κ2) is 5.07. The average Bonchev–Trinajstić information content (AvgIpc) is 2.36. The molecule has 1 aliphatic carbocycles. The topological polar surface area (TPSA) is 30.0 Å². The van der Waals surface area contributed by atoms with Crippen molar-refractivity contribution in [3.05, 3.63) is 28.6 Å². The van der Waals surface area contributed by atoms with Gasteiger partial charge in [0.05, 0.1) is 5.69 Å². The van der Waals surface area contributed by atoms with Gasteiger partial charge in [0.2, 0.25) is 0 Å². The molecule has 104 valence electrons. The van der Waals surface area contributed by atoms with Gasteiger partial charge >= 0.3 is 0 Å². The highest BCUT2D eigenvalue weighted by Crippen LogP contribution is 2.37. The lowest BCUT2D eigenvalue weighted by Gasteiger charge is -2.32. The molecule has 19 heavy (non-hydrogen) atoms. The third kappa shape index (κ3) is 2.58. The van der Waals surface area contributed by atoms with Crippen LogP contribution in [0.2, 0.25) is 0 Å². The molecule has 1 aromatic heterocycles. The highest BCUT2D eigenvalue weighted by Gasteiger charge is 2.31. The van der Waals surface area contributed by atoms with Crippen LogP contribution in [-0.2, 0) is 11.8 Å². The summed E-state index contributed by atoms with van der Waals surface area (Å²) in [7, 11) is 0. The molecule has 1 aromatic rings. The molecule has 0 saturated heterocycles. The van der Waals surface area contributed by atoms with Crippen LogP contribution in [0.15, 0.2) is 6.07 Å². The average molecular weight is 259 g/mol. The Morgan fingerprint density at radius 2 is 2.11 bits per heavy atom. The lowest BCUT2D eigenvalue weighted by molar-refractivity contribution is 0.0986. The number of hydrogen-bond acceptors (Lipinski definition) is 2. The summed E-state index contributed by atoms with van der Waals surface area (Å²) in [5, 5.41) is 0. The van der Waals surface area contributed by atoms with E-state index in [0.29, 0.717) is 12.3 Å². The Hall–Kier alpha value is -1.18. The highest BCUT2D eigenvalue weighted by atomic mass is 16.1. The van der Waals surface area contributed by atoms with Crippen molar-refractivity contribution < 1.29 is 4.79 Å². The minimum Gasteiger partial charge on any atom is -0.294 e. The van der Waals surface area contributed by atoms with E-state index in [9.17, 15) is 4.79 Å². The zero-order valence-corrected chi connectivity index (χ0v) is 12.8. The number of carbonyl (C=O) groups is 1. The molecule has 0 radical (unpaired) electrons. The van der Waals surface area contributed by atoms with Crippen molar-refractivity contribution in [3.8, 4) is 0 Å². The van der Waals surface area contributed by atoms with Crippen LogP contribution in [0.5, 0.6) is 0 Å². The Labute approximate surface area is 116 Å². The van der Waals surface area contributed by atoms with E-state index in [-0.39, 0.29) is 11.2 Å². The lowest BCUT2D eigenvalue weighted by atomic mass is 9.75. The number of fused-ring (bicyclic) bond motifs is 1. The van der Waals surface area contributed by atoms with Gasteiger partial charge in [0.1, 0.15) is 0 Å². The maximum absolute atomic E-state index is 12.1. The van der Waals surface area contributed by atoms with Crippen molar-refractivity contribution in [3.63, 3.8) is 0 Å². The van der Waals surface area contributed by atoms with Crippen LogP contribution < -0.4 is 0 Å². The lowest BCUT2D eigenvalue weighted by Crippen LogP contribution is -2.27. The Kier molecular flexibility index (Phi) is 3.80. The number of hydrogen-bond donors (Lipinski definition) is 0. The molecule has 0 spiro atoms. The molecule has 0 aromatic carbocycles. The fraction of sp³-hybridized carbons (Fsp3) is 0.647. The van der Waals surface area contributed by atoms with Crippen molar-refractivity contribution in [1.29, 1.82) is 0 Å². The molecule has 1 heterocycles. The molecule has 0 atom stereocenters. The van der Waals surface area contributed by atoms with Gasteiger partial charge in [-0.1, -0.05) is 34.6 Å². The van der Waals surface area contributed by atoms with E-state index >= 15 is 0 Å². The fourth-order valence-corrected chi connectivity index (χ4v) is 3.04. The second-order valence-corrected chi connectivity index (χ2v) is 6.60. The first-order valence-electron chi connectivity index (χ1n) is 7.44. The largest absolute Gasteiger partial charge is 0.294 e. The van der Waals surface area contributed by atoms with Crippen LogP contribution in [-0.4, -0.2) is 10.8 Å². The third-order valence-corrected chi connectivity index (χ3v) is 4.19. The number of aryl methyl sites for hydroxylation is 1. The zero-order chi connectivity index (χ0) is 14.2. The summed E-state index contributed by atoms with van der Waals surface area (Å²) >= 11 is 0. The van der Waals surface area contributed by atoms with Gasteiger partial charge in [0, 0.05) is 23.1 Å². The summed E-state index contributed by atoms with van der Waals surface area (Å²) < 4.78 is 0. The minimum atomic E-state index is 0.144. The van der Waals surface area contributed by atoms with Crippen molar-refractivity contribution >= 4 is 5.78 Å². The smallest absolute Gasteiger partial charge is 0.164 e. The maximum Gasteiger partial charge on any atom is 0.164 e. The SMILES string of the molecule is CCC(=O)c1cc2c(nc1C(C)C)C(C)(C)CCC2. The van der Waals surface area contributed by atoms with Crippen LogP contribution >= 0.6 is 0 Å². The molecular formula is C17H25NO. The molecule has 0 aliphatic heterocycles. The molecule has 2 rings (SSSR count). The molecule has 0 bridgehead atoms. The number of nitrogens with zero attached hydrogens (tertiary/aromatic N) is 1. The Morgan fingerprint density at radius 1 is 1.42 bits per heavy atom. The first-order chi connectivity index (χ1) is 8.86. The summed E-state index contributed by atoms with van der Waals surface area (Å²) in [5.74, 6) is 0.524. The van der Waals surface area contributed by atoms with Crippen molar-refractivity contribution in [1.82, 2.24) is 4.98 Å². The monoisotopic (exact) mass is 259 g/mol. The molecule has 0 fully saturated rings.